The molecule has 0 aromatic carbocycles. The maximum atomic E-state index is 12.9. The van der Waals surface area contributed by atoms with Gasteiger partial charge in [-0.05, 0) is 44.9 Å². The third-order valence-corrected chi connectivity index (χ3v) is 15.8. The molecular formula is C69H132O6. The van der Waals surface area contributed by atoms with Crippen molar-refractivity contribution in [1.29, 1.82) is 0 Å². The Hall–Kier alpha value is -1.85. The molecule has 6 heteroatoms. The molecule has 0 aliphatic rings. The number of hydrogen-bond donors (Lipinski definition) is 0. The van der Waals surface area contributed by atoms with E-state index >= 15 is 0 Å². The molecule has 0 saturated carbocycles. The third-order valence-electron chi connectivity index (χ3n) is 15.8. The molecule has 444 valence electrons. The first-order valence-electron chi connectivity index (χ1n) is 34.2. The molecule has 0 aromatic rings. The standard InChI is InChI=1S/C69H132O6/c1-4-7-10-13-16-19-22-25-28-30-31-32-33-34-35-36-37-39-41-44-47-50-53-56-59-62-68(71)74-65-66(64-73-67(70)61-58-55-52-49-46-43-40-27-24-21-18-15-12-9-6-3)75-69(72)63-60-57-54-51-48-45-42-38-29-26-23-20-17-14-11-8-5-2/h26,29,66H,4-25,27-28,30-65H2,1-3H3/b29-26-. The molecule has 0 aromatic heterocycles. The van der Waals surface area contributed by atoms with Gasteiger partial charge in [0, 0.05) is 19.3 Å². The number of allylic oxidation sites excluding steroid dienone is 2. The Bertz CT molecular complexity index is 1170. The van der Waals surface area contributed by atoms with Gasteiger partial charge in [0.15, 0.2) is 6.10 Å². The van der Waals surface area contributed by atoms with Crippen molar-refractivity contribution in [3.05, 3.63) is 12.2 Å². The molecule has 0 rings (SSSR count). The Morgan fingerprint density at radius 3 is 0.667 bits per heavy atom. The van der Waals surface area contributed by atoms with E-state index in [2.05, 4.69) is 32.9 Å². The minimum atomic E-state index is -0.768. The second-order valence-electron chi connectivity index (χ2n) is 23.5. The zero-order chi connectivity index (χ0) is 54.3. The lowest BCUT2D eigenvalue weighted by atomic mass is 10.0. The molecule has 0 aliphatic heterocycles. The molecule has 0 spiro atoms. The van der Waals surface area contributed by atoms with Gasteiger partial charge in [0.2, 0.25) is 0 Å². The molecular weight excluding hydrogens is 925 g/mol. The number of carbonyl (C=O) groups is 3. The topological polar surface area (TPSA) is 78.9 Å². The van der Waals surface area contributed by atoms with Crippen LogP contribution in [0.3, 0.4) is 0 Å². The normalized spacial score (nSPS) is 12.0. The lowest BCUT2D eigenvalue weighted by Gasteiger charge is -2.18. The quantitative estimate of drug-likeness (QED) is 0.0261. The summed E-state index contributed by atoms with van der Waals surface area (Å²) in [6, 6.07) is 0. The summed E-state index contributed by atoms with van der Waals surface area (Å²) in [5, 5.41) is 0. The van der Waals surface area contributed by atoms with E-state index in [0.29, 0.717) is 19.3 Å². The van der Waals surface area contributed by atoms with E-state index in [9.17, 15) is 14.4 Å². The summed E-state index contributed by atoms with van der Waals surface area (Å²) in [6.45, 7) is 6.72. The maximum Gasteiger partial charge on any atom is 0.306 e. The summed E-state index contributed by atoms with van der Waals surface area (Å²) in [4.78, 5) is 38.4. The third kappa shape index (κ3) is 62.9. The summed E-state index contributed by atoms with van der Waals surface area (Å²) >= 11 is 0. The average molecular weight is 1060 g/mol. The minimum Gasteiger partial charge on any atom is -0.462 e. The highest BCUT2D eigenvalue weighted by Crippen LogP contribution is 2.19. The van der Waals surface area contributed by atoms with Crippen LogP contribution in [0.5, 0.6) is 0 Å². The Kier molecular flexibility index (Phi) is 63.1. The van der Waals surface area contributed by atoms with Crippen LogP contribution in [0.1, 0.15) is 393 Å². The number of carbonyl (C=O) groups excluding carboxylic acids is 3. The highest BCUT2D eigenvalue weighted by atomic mass is 16.6. The second-order valence-corrected chi connectivity index (χ2v) is 23.5. The molecule has 0 radical (unpaired) electrons. The number of unbranched alkanes of at least 4 members (excludes halogenated alkanes) is 51. The smallest absolute Gasteiger partial charge is 0.306 e. The van der Waals surface area contributed by atoms with Crippen LogP contribution in [0.4, 0.5) is 0 Å². The van der Waals surface area contributed by atoms with E-state index in [-0.39, 0.29) is 31.1 Å². The zero-order valence-corrected chi connectivity index (χ0v) is 51.1. The van der Waals surface area contributed by atoms with E-state index in [4.69, 9.17) is 14.2 Å². The first-order valence-corrected chi connectivity index (χ1v) is 34.2. The van der Waals surface area contributed by atoms with Crippen LogP contribution in [-0.4, -0.2) is 37.2 Å². The first-order chi connectivity index (χ1) is 37.0. The first kappa shape index (κ1) is 73.2. The van der Waals surface area contributed by atoms with Gasteiger partial charge in [0.05, 0.1) is 0 Å². The summed E-state index contributed by atoms with van der Waals surface area (Å²) in [6.07, 6.45) is 76.6. The highest BCUT2D eigenvalue weighted by molar-refractivity contribution is 5.71. The zero-order valence-electron chi connectivity index (χ0n) is 51.1. The van der Waals surface area contributed by atoms with E-state index in [1.165, 1.54) is 295 Å². The number of rotatable bonds is 64. The molecule has 0 amide bonds. The molecule has 75 heavy (non-hydrogen) atoms. The molecule has 0 saturated heterocycles. The SMILES string of the molecule is CCCCCCCC/C=C\CCCCCCCCCC(=O)OC(COC(=O)CCCCCCCCCCCCCCCCC)COC(=O)CCCCCCCCCCCCCCCCCCCCCCCCCCC. The number of hydrogen-bond acceptors (Lipinski definition) is 6. The lowest BCUT2D eigenvalue weighted by Crippen LogP contribution is -2.30. The Morgan fingerprint density at radius 1 is 0.253 bits per heavy atom. The van der Waals surface area contributed by atoms with Crippen molar-refractivity contribution < 1.29 is 28.6 Å². The molecule has 1 atom stereocenters. The Labute approximate surface area is 469 Å². The Balaban J connectivity index is 4.22. The van der Waals surface area contributed by atoms with Crippen molar-refractivity contribution in [2.45, 2.75) is 399 Å². The number of ether oxygens (including phenoxy) is 3. The van der Waals surface area contributed by atoms with Gasteiger partial charge in [0.1, 0.15) is 13.2 Å². The Morgan fingerprint density at radius 2 is 0.440 bits per heavy atom. The van der Waals surface area contributed by atoms with E-state index in [1.54, 1.807) is 0 Å². The van der Waals surface area contributed by atoms with Crippen LogP contribution in [0.25, 0.3) is 0 Å². The van der Waals surface area contributed by atoms with Crippen molar-refractivity contribution in [3.8, 4) is 0 Å². The van der Waals surface area contributed by atoms with Crippen LogP contribution < -0.4 is 0 Å². The molecule has 1 unspecified atom stereocenters. The molecule has 0 bridgehead atoms. The van der Waals surface area contributed by atoms with E-state index in [0.717, 1.165) is 57.8 Å². The molecule has 0 N–H and O–H groups in total. The van der Waals surface area contributed by atoms with Gasteiger partial charge in [-0.15, -0.1) is 0 Å². The van der Waals surface area contributed by atoms with Crippen LogP contribution in [0.2, 0.25) is 0 Å². The van der Waals surface area contributed by atoms with Crippen LogP contribution in [-0.2, 0) is 28.6 Å². The summed E-state index contributed by atoms with van der Waals surface area (Å²) < 4.78 is 17.0. The largest absolute Gasteiger partial charge is 0.462 e. The molecule has 0 fully saturated rings. The van der Waals surface area contributed by atoms with Gasteiger partial charge in [-0.1, -0.05) is 341 Å². The summed E-state index contributed by atoms with van der Waals surface area (Å²) in [5.74, 6) is -0.836. The van der Waals surface area contributed by atoms with Crippen molar-refractivity contribution in [2.24, 2.45) is 0 Å². The minimum absolute atomic E-state index is 0.0650. The second kappa shape index (κ2) is 64.7. The lowest BCUT2D eigenvalue weighted by molar-refractivity contribution is -0.167. The van der Waals surface area contributed by atoms with Gasteiger partial charge in [0.25, 0.3) is 0 Å². The van der Waals surface area contributed by atoms with Crippen LogP contribution in [0.15, 0.2) is 12.2 Å². The monoisotopic (exact) mass is 1060 g/mol. The maximum absolute atomic E-state index is 12.9. The van der Waals surface area contributed by atoms with Crippen LogP contribution >= 0.6 is 0 Å². The summed E-state index contributed by atoms with van der Waals surface area (Å²) in [7, 11) is 0. The van der Waals surface area contributed by atoms with Crippen LogP contribution in [0, 0.1) is 0 Å². The van der Waals surface area contributed by atoms with Crippen molar-refractivity contribution in [3.63, 3.8) is 0 Å². The fourth-order valence-corrected chi connectivity index (χ4v) is 10.6. The average Bonchev–Trinajstić information content (AvgIpc) is 3.41. The van der Waals surface area contributed by atoms with E-state index < -0.39 is 6.10 Å². The van der Waals surface area contributed by atoms with Crippen molar-refractivity contribution >= 4 is 17.9 Å². The molecule has 6 nitrogen and oxygen atoms in total. The fraction of sp³-hybridized carbons (Fsp3) is 0.928. The molecule has 0 heterocycles. The van der Waals surface area contributed by atoms with Gasteiger partial charge in [-0.3, -0.25) is 14.4 Å². The van der Waals surface area contributed by atoms with Gasteiger partial charge in [-0.2, -0.15) is 0 Å². The van der Waals surface area contributed by atoms with Gasteiger partial charge >= 0.3 is 17.9 Å². The number of esters is 3. The van der Waals surface area contributed by atoms with E-state index in [1.807, 2.05) is 0 Å². The molecule has 0 aliphatic carbocycles. The van der Waals surface area contributed by atoms with Gasteiger partial charge in [-0.25, -0.2) is 0 Å². The predicted octanol–water partition coefficient (Wildman–Crippen LogP) is 23.2. The van der Waals surface area contributed by atoms with Crippen molar-refractivity contribution in [1.82, 2.24) is 0 Å². The fourth-order valence-electron chi connectivity index (χ4n) is 10.6. The predicted molar refractivity (Wildman–Crippen MR) is 326 cm³/mol. The van der Waals surface area contributed by atoms with Crippen molar-refractivity contribution in [2.75, 3.05) is 13.2 Å². The van der Waals surface area contributed by atoms with Gasteiger partial charge < -0.3 is 14.2 Å². The summed E-state index contributed by atoms with van der Waals surface area (Å²) in [5.41, 5.74) is 0. The highest BCUT2D eigenvalue weighted by Gasteiger charge is 2.19.